The van der Waals surface area contributed by atoms with Crippen molar-refractivity contribution in [2.45, 2.75) is 53.1 Å². The van der Waals surface area contributed by atoms with Crippen LogP contribution in [0.2, 0.25) is 0 Å². The van der Waals surface area contributed by atoms with Crippen molar-refractivity contribution in [1.29, 1.82) is 0 Å². The maximum atomic E-state index is 13.1. The molecular formula is C25H28Cl3N7O7. The quantitative estimate of drug-likeness (QED) is 0.143. The molecule has 1 spiro atoms. The zero-order valence-corrected chi connectivity index (χ0v) is 24.5. The van der Waals surface area contributed by atoms with E-state index in [9.17, 15) is 29.4 Å². The number of alkyl halides is 3. The third kappa shape index (κ3) is 5.33. The number of ether oxygens (including phenoxy) is 1. The van der Waals surface area contributed by atoms with Crippen LogP contribution in [0.1, 0.15) is 28.8 Å². The third-order valence-electron chi connectivity index (χ3n) is 7.61. The lowest BCUT2D eigenvalue weighted by atomic mass is 9.85. The van der Waals surface area contributed by atoms with E-state index in [4.69, 9.17) is 39.5 Å². The zero-order chi connectivity index (χ0) is 30.6. The van der Waals surface area contributed by atoms with Crippen molar-refractivity contribution in [2.75, 3.05) is 19.7 Å². The predicted molar refractivity (Wildman–Crippen MR) is 150 cm³/mol. The summed E-state index contributed by atoms with van der Waals surface area (Å²) in [4.78, 5) is 57.7. The number of hydrogen-bond acceptors (Lipinski definition) is 11. The number of benzene rings is 1. The number of alkyl carbamates (subject to hydrolysis) is 1. The van der Waals surface area contributed by atoms with Crippen LogP contribution in [-0.2, 0) is 14.3 Å². The van der Waals surface area contributed by atoms with Gasteiger partial charge in [0.05, 0.1) is 24.4 Å². The van der Waals surface area contributed by atoms with Gasteiger partial charge in [-0.1, -0.05) is 59.1 Å². The molecule has 0 radical (unpaired) electrons. The molecule has 4 atom stereocenters. The van der Waals surface area contributed by atoms with Crippen LogP contribution in [0.4, 0.5) is 4.79 Å². The number of rotatable bonds is 5. The number of aliphatic imine (C=N–C) groups is 1. The first kappa shape index (κ1) is 30.2. The molecule has 3 fully saturated rings. The molecule has 0 bridgehead atoms. The van der Waals surface area contributed by atoms with Gasteiger partial charge in [0.1, 0.15) is 12.6 Å². The average Bonchev–Trinajstić information content (AvgIpc) is 3.50. The van der Waals surface area contributed by atoms with Crippen LogP contribution in [0.5, 0.6) is 0 Å². The smallest absolute Gasteiger partial charge is 0.414 e. The Morgan fingerprint density at radius 1 is 1.19 bits per heavy atom. The number of aliphatic hydroxyl groups is 2. The Hall–Kier alpha value is -3.30. The van der Waals surface area contributed by atoms with Gasteiger partial charge in [0, 0.05) is 24.9 Å². The van der Waals surface area contributed by atoms with E-state index in [2.05, 4.69) is 32.8 Å². The zero-order valence-electron chi connectivity index (χ0n) is 22.2. The van der Waals surface area contributed by atoms with E-state index >= 15 is 0 Å². The molecule has 4 aliphatic rings. The van der Waals surface area contributed by atoms with Crippen LogP contribution in [0, 0.1) is 6.92 Å². The highest BCUT2D eigenvalue weighted by molar-refractivity contribution is 6.67. The molecule has 4 heterocycles. The molecule has 17 heteroatoms. The minimum atomic E-state index is -2.73. The van der Waals surface area contributed by atoms with Crippen molar-refractivity contribution < 1.29 is 34.1 Å². The standard InChI is InChI=1S/C25H28Cl3N7O7/c1-12-3-5-14(6-4-12)20(38)31-16-10-35-21(32-22(39)42-11-23(26,27)28)30-15(9-34-17(36)7-8-18(34)37)19-24(35,25(16,40)41)33-13(2)29-19/h3-6,15-16,19,29,33,40-41H,2,7-11H2,1H3,(H,31,38)(H,30,32,39)/t15-,16?,19-,24?/m0/s1. The van der Waals surface area contributed by atoms with Gasteiger partial charge in [0.25, 0.3) is 5.91 Å². The fourth-order valence-electron chi connectivity index (χ4n) is 5.67. The lowest BCUT2D eigenvalue weighted by molar-refractivity contribution is -0.231. The van der Waals surface area contributed by atoms with E-state index in [-0.39, 0.29) is 43.3 Å². The van der Waals surface area contributed by atoms with E-state index in [0.29, 0.717) is 0 Å². The molecule has 42 heavy (non-hydrogen) atoms. The number of hydrogen-bond donors (Lipinski definition) is 6. The van der Waals surface area contributed by atoms with Gasteiger partial charge in [-0.05, 0) is 19.1 Å². The van der Waals surface area contributed by atoms with Crippen molar-refractivity contribution in [3.63, 3.8) is 0 Å². The predicted octanol–water partition coefficient (Wildman–Crippen LogP) is -0.198. The van der Waals surface area contributed by atoms with E-state index in [1.807, 2.05) is 6.92 Å². The molecule has 3 saturated heterocycles. The number of carbonyl (C=O) groups is 4. The number of halogens is 3. The average molecular weight is 645 g/mol. The van der Waals surface area contributed by atoms with E-state index < -0.39 is 63.8 Å². The highest BCUT2D eigenvalue weighted by Crippen LogP contribution is 2.45. The molecule has 14 nitrogen and oxygen atoms in total. The number of guanidine groups is 1. The van der Waals surface area contributed by atoms with E-state index in [1.165, 1.54) is 4.90 Å². The summed E-state index contributed by atoms with van der Waals surface area (Å²) in [6.45, 7) is 4.61. The molecule has 1 aromatic carbocycles. The first-order chi connectivity index (χ1) is 19.6. The Balaban J connectivity index is 1.51. The SMILES string of the molecule is C=C1N[C@H]2[C@H](CN3C(=O)CCC3=O)N=C(NC(=O)OCC(Cl)(Cl)Cl)N3CC(NC(=O)c4ccc(C)cc4)C(O)(O)C23N1. The topological polar surface area (TPSA) is 185 Å². The summed E-state index contributed by atoms with van der Waals surface area (Å²) in [5.41, 5.74) is -0.687. The molecule has 6 N–H and O–H groups in total. The lowest BCUT2D eigenvalue weighted by Crippen LogP contribution is -2.78. The van der Waals surface area contributed by atoms with Crippen LogP contribution in [0.3, 0.4) is 0 Å². The Morgan fingerprint density at radius 2 is 1.83 bits per heavy atom. The minimum absolute atomic E-state index is 0.0289. The van der Waals surface area contributed by atoms with Crippen molar-refractivity contribution in [3.05, 3.63) is 47.8 Å². The van der Waals surface area contributed by atoms with Gasteiger partial charge in [0.15, 0.2) is 5.66 Å². The monoisotopic (exact) mass is 643 g/mol. The summed E-state index contributed by atoms with van der Waals surface area (Å²) in [7, 11) is 0. The highest BCUT2D eigenvalue weighted by Gasteiger charge is 2.74. The molecule has 0 aliphatic carbocycles. The second-order valence-corrected chi connectivity index (χ2v) is 13.0. The number of nitrogens with one attached hydrogen (secondary N) is 4. The van der Waals surface area contributed by atoms with Crippen molar-refractivity contribution in [1.82, 2.24) is 31.1 Å². The Kier molecular flexibility index (Phi) is 7.73. The maximum absolute atomic E-state index is 13.1. The number of nitrogens with zero attached hydrogens (tertiary/aromatic N) is 3. The van der Waals surface area contributed by atoms with Crippen LogP contribution in [0.15, 0.2) is 41.7 Å². The van der Waals surface area contributed by atoms with Crippen molar-refractivity contribution >= 4 is 64.6 Å². The first-order valence-electron chi connectivity index (χ1n) is 12.9. The molecule has 0 saturated carbocycles. The normalized spacial score (nSPS) is 28.0. The van der Waals surface area contributed by atoms with Crippen LogP contribution in [0.25, 0.3) is 0 Å². The number of likely N-dealkylation sites (tertiary alicyclic amines) is 1. The van der Waals surface area contributed by atoms with Crippen LogP contribution < -0.4 is 21.3 Å². The number of carbonyl (C=O) groups excluding carboxylic acids is 4. The molecule has 4 amide bonds. The Morgan fingerprint density at radius 3 is 2.45 bits per heavy atom. The van der Waals surface area contributed by atoms with Crippen LogP contribution in [-0.4, -0.2) is 103 Å². The number of imide groups is 1. The summed E-state index contributed by atoms with van der Waals surface area (Å²) in [5, 5.41) is 34.6. The van der Waals surface area contributed by atoms with E-state index in [0.717, 1.165) is 10.5 Å². The van der Waals surface area contributed by atoms with Crippen molar-refractivity contribution in [2.24, 2.45) is 4.99 Å². The lowest BCUT2D eigenvalue weighted by Gasteiger charge is -2.49. The fourth-order valence-corrected chi connectivity index (χ4v) is 5.83. The largest absolute Gasteiger partial charge is 0.445 e. The van der Waals surface area contributed by atoms with Gasteiger partial charge >= 0.3 is 6.09 Å². The van der Waals surface area contributed by atoms with Gasteiger partial charge < -0.3 is 35.8 Å². The van der Waals surface area contributed by atoms with Crippen molar-refractivity contribution in [3.8, 4) is 0 Å². The molecule has 4 aliphatic heterocycles. The van der Waals surface area contributed by atoms with E-state index in [1.54, 1.807) is 24.3 Å². The molecule has 2 unspecified atom stereocenters. The van der Waals surface area contributed by atoms with Gasteiger partial charge in [-0.3, -0.25) is 24.6 Å². The summed E-state index contributed by atoms with van der Waals surface area (Å²) in [6.07, 6.45) is -1.03. The first-order valence-corrected chi connectivity index (χ1v) is 14.0. The summed E-state index contributed by atoms with van der Waals surface area (Å²) in [5.74, 6) is -4.19. The van der Waals surface area contributed by atoms with Gasteiger partial charge in [-0.15, -0.1) is 0 Å². The summed E-state index contributed by atoms with van der Waals surface area (Å²) in [6, 6.07) is 3.29. The molecule has 0 aromatic heterocycles. The number of amides is 4. The third-order valence-corrected chi connectivity index (χ3v) is 7.94. The molecule has 5 rings (SSSR count). The Bertz CT molecular complexity index is 1350. The molecular weight excluding hydrogens is 617 g/mol. The maximum Gasteiger partial charge on any atom is 0.414 e. The van der Waals surface area contributed by atoms with Gasteiger partial charge in [0.2, 0.25) is 27.4 Å². The second-order valence-electron chi connectivity index (χ2n) is 10.5. The second kappa shape index (κ2) is 10.8. The highest BCUT2D eigenvalue weighted by atomic mass is 35.6. The van der Waals surface area contributed by atoms with Gasteiger partial charge in [-0.25, -0.2) is 9.79 Å². The fraction of sp³-hybridized carbons (Fsp3) is 0.480. The van der Waals surface area contributed by atoms with Gasteiger partial charge in [-0.2, -0.15) is 0 Å². The number of aryl methyl sites for hydroxylation is 1. The molecule has 226 valence electrons. The Labute approximate surface area is 255 Å². The minimum Gasteiger partial charge on any atom is -0.445 e. The summed E-state index contributed by atoms with van der Waals surface area (Å²) < 4.78 is 3.07. The molecule has 1 aromatic rings. The summed E-state index contributed by atoms with van der Waals surface area (Å²) >= 11 is 17.1. The van der Waals surface area contributed by atoms with Crippen LogP contribution >= 0.6 is 34.8 Å².